The highest BCUT2D eigenvalue weighted by Crippen LogP contribution is 2.35. The summed E-state index contributed by atoms with van der Waals surface area (Å²) in [6, 6.07) is 10.3. The zero-order valence-electron chi connectivity index (χ0n) is 32.4. The number of alkyl carbamates (subject to hydrolysis) is 2. The van der Waals surface area contributed by atoms with Gasteiger partial charge in [0.25, 0.3) is 0 Å². The SMILES string of the molecule is COC(=O)N[C@H]1CCCCCc2c(C#Cc3ccc(-c4c[nH]c([C@@H]5CCCN5C(=O)[C@@H](NC(=O)OC)C(C)C)n4)cc3)ccc3nc([nH]c23)[C@@H]2CCCN2C1=O. The molecule has 3 aliphatic rings. The number of aromatic amines is 2. The van der Waals surface area contributed by atoms with Gasteiger partial charge in [0.15, 0.2) is 0 Å². The van der Waals surface area contributed by atoms with Crippen molar-refractivity contribution in [2.24, 2.45) is 5.92 Å². The maximum Gasteiger partial charge on any atom is 0.407 e. The molecule has 294 valence electrons. The van der Waals surface area contributed by atoms with Crippen LogP contribution < -0.4 is 10.6 Å². The molecule has 3 aliphatic heterocycles. The van der Waals surface area contributed by atoms with Gasteiger partial charge in [-0.1, -0.05) is 50.7 Å². The number of ether oxygens (including phenoxy) is 2. The van der Waals surface area contributed by atoms with Crippen LogP contribution in [-0.4, -0.2) is 93.1 Å². The maximum absolute atomic E-state index is 13.7. The van der Waals surface area contributed by atoms with Gasteiger partial charge in [-0.15, -0.1) is 0 Å². The van der Waals surface area contributed by atoms with Crippen molar-refractivity contribution in [1.29, 1.82) is 0 Å². The molecule has 0 radical (unpaired) electrons. The lowest BCUT2D eigenvalue weighted by atomic mass is 9.98. The first-order valence-electron chi connectivity index (χ1n) is 19.6. The van der Waals surface area contributed by atoms with E-state index in [1.807, 2.05) is 61.3 Å². The molecule has 2 fully saturated rings. The molecule has 2 aromatic heterocycles. The predicted octanol–water partition coefficient (Wildman–Crippen LogP) is 5.90. The molecule has 56 heavy (non-hydrogen) atoms. The van der Waals surface area contributed by atoms with Gasteiger partial charge in [-0.3, -0.25) is 9.59 Å². The van der Waals surface area contributed by atoms with Crippen molar-refractivity contribution in [1.82, 2.24) is 40.4 Å². The third-order valence-electron chi connectivity index (χ3n) is 11.2. The number of carbonyl (C=O) groups excluding carboxylic acids is 4. The van der Waals surface area contributed by atoms with Crippen LogP contribution in [-0.2, 0) is 25.5 Å². The number of aromatic nitrogens is 4. The van der Waals surface area contributed by atoms with Crippen molar-refractivity contribution in [3.8, 4) is 23.1 Å². The van der Waals surface area contributed by atoms with Gasteiger partial charge in [0, 0.05) is 36.0 Å². The van der Waals surface area contributed by atoms with Crippen LogP contribution in [0.15, 0.2) is 42.6 Å². The van der Waals surface area contributed by atoms with Crippen LogP contribution in [0, 0.1) is 17.8 Å². The number of hydrogen-bond acceptors (Lipinski definition) is 8. The van der Waals surface area contributed by atoms with Gasteiger partial charge >= 0.3 is 12.2 Å². The highest BCUT2D eigenvalue weighted by atomic mass is 16.5. The quantitative estimate of drug-likeness (QED) is 0.176. The standard InChI is InChI=1S/C42H50N8O6/c1-25(2)35(48-42(54)56-4)40(52)50-23-8-12-33(50)37-43-24-32(45-37)28-18-15-26(16-19-28)14-17-27-20-21-30-36-29(27)10-6-5-7-11-31(46-41(53)55-3)39(51)49-22-9-13-34(49)38(44-30)47-36/h15-16,18-21,24-25,31,33-35H,5-13,22-23H2,1-4H3,(H,43,45)(H,44,47)(H,46,53)(H,48,54)/t31-,33-,34-,35-/m0/s1. The first-order valence-corrected chi connectivity index (χ1v) is 19.6. The van der Waals surface area contributed by atoms with Crippen molar-refractivity contribution in [3.63, 3.8) is 0 Å². The lowest BCUT2D eigenvalue weighted by Gasteiger charge is -2.29. The summed E-state index contributed by atoms with van der Waals surface area (Å²) in [7, 11) is 2.60. The molecular weight excluding hydrogens is 713 g/mol. The summed E-state index contributed by atoms with van der Waals surface area (Å²) in [5.74, 6) is 7.92. The highest BCUT2D eigenvalue weighted by Gasteiger charge is 2.38. The topological polar surface area (TPSA) is 175 Å². The monoisotopic (exact) mass is 762 g/mol. The van der Waals surface area contributed by atoms with Crippen LogP contribution >= 0.6 is 0 Å². The van der Waals surface area contributed by atoms with Gasteiger partial charge in [0.1, 0.15) is 23.7 Å². The smallest absolute Gasteiger partial charge is 0.407 e. The third-order valence-corrected chi connectivity index (χ3v) is 11.2. The zero-order chi connectivity index (χ0) is 39.3. The van der Waals surface area contributed by atoms with E-state index < -0.39 is 24.3 Å². The Bertz CT molecular complexity index is 2150. The van der Waals surface area contributed by atoms with Crippen LogP contribution in [0.5, 0.6) is 0 Å². The van der Waals surface area contributed by atoms with E-state index in [-0.39, 0.29) is 29.8 Å². The fourth-order valence-corrected chi connectivity index (χ4v) is 8.20. The average Bonchev–Trinajstić information content (AvgIpc) is 4.04. The van der Waals surface area contributed by atoms with E-state index in [9.17, 15) is 19.2 Å². The van der Waals surface area contributed by atoms with E-state index in [0.717, 1.165) is 96.2 Å². The summed E-state index contributed by atoms with van der Waals surface area (Å²) in [4.78, 5) is 71.8. The van der Waals surface area contributed by atoms with Crippen LogP contribution in [0.3, 0.4) is 0 Å². The van der Waals surface area contributed by atoms with Gasteiger partial charge in [0.05, 0.1) is 43.0 Å². The van der Waals surface area contributed by atoms with E-state index in [1.165, 1.54) is 14.2 Å². The number of nitrogens with zero attached hydrogens (tertiary/aromatic N) is 4. The number of benzene rings is 2. The molecule has 0 unspecified atom stereocenters. The molecule has 0 saturated carbocycles. The Labute approximate surface area is 326 Å². The lowest BCUT2D eigenvalue weighted by molar-refractivity contribution is -0.135. The number of hydrogen-bond donors (Lipinski definition) is 4. The average molecular weight is 763 g/mol. The van der Waals surface area contributed by atoms with Crippen LogP contribution in [0.1, 0.15) is 106 Å². The first-order chi connectivity index (χ1) is 27.1. The summed E-state index contributed by atoms with van der Waals surface area (Å²) in [6.07, 6.45) is 7.81. The number of fused-ring (bicyclic) bond motifs is 3. The van der Waals surface area contributed by atoms with Crippen molar-refractivity contribution in [3.05, 3.63) is 70.9 Å². The number of rotatable bonds is 6. The summed E-state index contributed by atoms with van der Waals surface area (Å²) >= 11 is 0. The lowest BCUT2D eigenvalue weighted by Crippen LogP contribution is -2.51. The Morgan fingerprint density at radius 2 is 1.62 bits per heavy atom. The summed E-state index contributed by atoms with van der Waals surface area (Å²) in [5, 5.41) is 5.47. The van der Waals surface area contributed by atoms with E-state index >= 15 is 0 Å². The number of imidazole rings is 2. The maximum atomic E-state index is 13.7. The number of aryl methyl sites for hydroxylation is 1. The van der Waals surface area contributed by atoms with E-state index in [0.29, 0.717) is 25.3 Å². The van der Waals surface area contributed by atoms with Crippen molar-refractivity contribution < 1.29 is 28.7 Å². The molecule has 4 atom stereocenters. The molecule has 2 aromatic carbocycles. The molecule has 4 N–H and O–H groups in total. The van der Waals surface area contributed by atoms with Gasteiger partial charge in [-0.25, -0.2) is 19.6 Å². The Morgan fingerprint density at radius 1 is 0.857 bits per heavy atom. The van der Waals surface area contributed by atoms with Gasteiger partial charge in [-0.2, -0.15) is 0 Å². The molecule has 0 aliphatic carbocycles. The van der Waals surface area contributed by atoms with Crippen LogP contribution in [0.25, 0.3) is 22.3 Å². The number of likely N-dealkylation sites (tertiary alicyclic amines) is 1. The minimum absolute atomic E-state index is 0.0956. The largest absolute Gasteiger partial charge is 0.453 e. The molecule has 4 amide bonds. The van der Waals surface area contributed by atoms with Crippen LogP contribution in [0.4, 0.5) is 9.59 Å². The highest BCUT2D eigenvalue weighted by molar-refractivity contribution is 5.87. The second-order valence-corrected chi connectivity index (χ2v) is 15.1. The molecule has 2 bridgehead atoms. The molecule has 2 saturated heterocycles. The van der Waals surface area contributed by atoms with Gasteiger partial charge in [0.2, 0.25) is 11.8 Å². The zero-order valence-corrected chi connectivity index (χ0v) is 32.4. The second-order valence-electron chi connectivity index (χ2n) is 15.1. The Balaban J connectivity index is 1.08. The molecule has 14 nitrogen and oxygen atoms in total. The number of carbonyl (C=O) groups is 4. The molecule has 0 spiro atoms. The minimum Gasteiger partial charge on any atom is -0.453 e. The fourth-order valence-electron chi connectivity index (χ4n) is 8.20. The van der Waals surface area contributed by atoms with Crippen molar-refractivity contribution in [2.75, 3.05) is 27.3 Å². The fraction of sp³-hybridized carbons (Fsp3) is 0.476. The normalized spacial score (nSPS) is 20.4. The molecule has 7 rings (SSSR count). The summed E-state index contributed by atoms with van der Waals surface area (Å²) in [5.41, 5.74) is 6.43. The minimum atomic E-state index is -0.693. The number of H-pyrrole nitrogens is 2. The molecular formula is C42H50N8O6. The van der Waals surface area contributed by atoms with Crippen molar-refractivity contribution in [2.45, 2.75) is 95.8 Å². The Morgan fingerprint density at radius 3 is 2.39 bits per heavy atom. The molecule has 14 heteroatoms. The predicted molar refractivity (Wildman–Crippen MR) is 209 cm³/mol. The third kappa shape index (κ3) is 8.08. The van der Waals surface area contributed by atoms with Crippen molar-refractivity contribution >= 4 is 35.0 Å². The van der Waals surface area contributed by atoms with Gasteiger partial charge < -0.3 is 39.9 Å². The summed E-state index contributed by atoms with van der Waals surface area (Å²) in [6.45, 7) is 5.00. The van der Waals surface area contributed by atoms with Crippen LogP contribution in [0.2, 0.25) is 0 Å². The number of methoxy groups -OCH3 is 2. The second kappa shape index (κ2) is 16.9. The van der Waals surface area contributed by atoms with Gasteiger partial charge in [-0.05, 0) is 80.7 Å². The van der Waals surface area contributed by atoms with E-state index in [2.05, 4.69) is 32.4 Å². The number of amides is 4. The Kier molecular flexibility index (Phi) is 11.6. The summed E-state index contributed by atoms with van der Waals surface area (Å²) < 4.78 is 9.59. The number of nitrogens with one attached hydrogen (secondary N) is 4. The van der Waals surface area contributed by atoms with E-state index in [4.69, 9.17) is 19.4 Å². The molecule has 5 heterocycles. The first kappa shape index (κ1) is 38.4. The van der Waals surface area contributed by atoms with E-state index in [1.54, 1.807) is 4.90 Å². The Hall–Kier alpha value is -5.84. The molecule has 4 aromatic rings.